The second kappa shape index (κ2) is 5.78. The average Bonchev–Trinajstić information content (AvgIpc) is 2.31. The van der Waals surface area contributed by atoms with Crippen LogP contribution in [0, 0.1) is 17.6 Å². The Kier molecular flexibility index (Phi) is 4.85. The van der Waals surface area contributed by atoms with E-state index in [4.69, 9.17) is 0 Å². The van der Waals surface area contributed by atoms with Crippen molar-refractivity contribution >= 4 is 9.84 Å². The third kappa shape index (κ3) is 3.51. The quantitative estimate of drug-likeness (QED) is 0.825. The van der Waals surface area contributed by atoms with Crippen LogP contribution in [0.15, 0.2) is 18.2 Å². The summed E-state index contributed by atoms with van der Waals surface area (Å²) in [5, 5.41) is -0.818. The molecular weight excluding hydrogens is 258 g/mol. The van der Waals surface area contributed by atoms with Crippen LogP contribution in [-0.2, 0) is 9.84 Å². The van der Waals surface area contributed by atoms with Crippen molar-refractivity contribution in [2.45, 2.75) is 32.4 Å². The topological polar surface area (TPSA) is 34.1 Å². The summed E-state index contributed by atoms with van der Waals surface area (Å²) in [6.45, 7) is 5.28. The van der Waals surface area contributed by atoms with Gasteiger partial charge in [-0.2, -0.15) is 0 Å². The van der Waals surface area contributed by atoms with Gasteiger partial charge in [-0.15, -0.1) is 0 Å². The summed E-state index contributed by atoms with van der Waals surface area (Å²) in [4.78, 5) is 0. The molecule has 0 unspecified atom stereocenters. The fourth-order valence-corrected chi connectivity index (χ4v) is 3.51. The molecule has 5 heteroatoms. The van der Waals surface area contributed by atoms with Gasteiger partial charge in [0.15, 0.2) is 21.5 Å². The Bertz CT molecular complexity index is 512. The lowest BCUT2D eigenvalue weighted by molar-refractivity contribution is 0.506. The minimum Gasteiger partial charge on any atom is -0.228 e. The molecule has 0 saturated carbocycles. The van der Waals surface area contributed by atoms with Crippen molar-refractivity contribution in [1.29, 1.82) is 0 Å². The number of sulfone groups is 1. The number of rotatable bonds is 5. The van der Waals surface area contributed by atoms with Crippen LogP contribution in [0.1, 0.15) is 38.0 Å². The van der Waals surface area contributed by atoms with E-state index in [-0.39, 0.29) is 17.2 Å². The smallest absolute Gasteiger partial charge is 0.159 e. The largest absolute Gasteiger partial charge is 0.228 e. The van der Waals surface area contributed by atoms with Crippen LogP contribution in [-0.4, -0.2) is 14.2 Å². The van der Waals surface area contributed by atoms with Crippen molar-refractivity contribution < 1.29 is 17.2 Å². The van der Waals surface area contributed by atoms with E-state index in [1.807, 2.05) is 13.8 Å². The van der Waals surface area contributed by atoms with Gasteiger partial charge >= 0.3 is 0 Å². The third-order valence-corrected chi connectivity index (χ3v) is 5.55. The second-order valence-electron chi connectivity index (χ2n) is 4.66. The van der Waals surface area contributed by atoms with Crippen LogP contribution < -0.4 is 0 Å². The Hall–Kier alpha value is -0.970. The third-order valence-electron chi connectivity index (χ3n) is 3.17. The highest BCUT2D eigenvalue weighted by atomic mass is 32.2. The minimum atomic E-state index is -3.34. The molecule has 0 aliphatic carbocycles. The van der Waals surface area contributed by atoms with Gasteiger partial charge in [0.25, 0.3) is 0 Å². The van der Waals surface area contributed by atoms with Crippen LogP contribution in [0.4, 0.5) is 8.78 Å². The summed E-state index contributed by atoms with van der Waals surface area (Å²) in [6.07, 6.45) is 0.768. The first kappa shape index (κ1) is 15.1. The highest BCUT2D eigenvalue weighted by molar-refractivity contribution is 7.91. The van der Waals surface area contributed by atoms with Crippen LogP contribution in [0.25, 0.3) is 0 Å². The highest BCUT2D eigenvalue weighted by Gasteiger charge is 2.25. The average molecular weight is 276 g/mol. The van der Waals surface area contributed by atoms with E-state index in [0.717, 1.165) is 18.6 Å². The van der Waals surface area contributed by atoms with Crippen LogP contribution in [0.3, 0.4) is 0 Å². The summed E-state index contributed by atoms with van der Waals surface area (Å²) < 4.78 is 50.0. The van der Waals surface area contributed by atoms with E-state index >= 15 is 0 Å². The zero-order chi connectivity index (χ0) is 13.9. The molecule has 0 spiro atoms. The first-order chi connectivity index (χ1) is 8.27. The first-order valence-corrected chi connectivity index (χ1v) is 7.66. The van der Waals surface area contributed by atoms with E-state index in [0.29, 0.717) is 0 Å². The Morgan fingerprint density at radius 1 is 1.17 bits per heavy atom. The van der Waals surface area contributed by atoms with Crippen LogP contribution in [0.2, 0.25) is 0 Å². The van der Waals surface area contributed by atoms with E-state index in [1.165, 1.54) is 13.0 Å². The van der Waals surface area contributed by atoms with Crippen molar-refractivity contribution in [2.75, 3.05) is 5.75 Å². The predicted octanol–water partition coefficient (Wildman–Crippen LogP) is 3.49. The molecule has 18 heavy (non-hydrogen) atoms. The molecule has 1 aromatic carbocycles. The van der Waals surface area contributed by atoms with Crippen LogP contribution in [0.5, 0.6) is 0 Å². The van der Waals surface area contributed by atoms with E-state index in [1.54, 1.807) is 0 Å². The molecule has 0 radical (unpaired) electrons. The normalized spacial score (nSPS) is 15.4. The van der Waals surface area contributed by atoms with E-state index in [2.05, 4.69) is 0 Å². The fraction of sp³-hybridized carbons (Fsp3) is 0.538. The summed E-state index contributed by atoms with van der Waals surface area (Å²) in [6, 6.07) is 3.23. The zero-order valence-corrected chi connectivity index (χ0v) is 11.6. The van der Waals surface area contributed by atoms with E-state index in [9.17, 15) is 17.2 Å². The van der Waals surface area contributed by atoms with Crippen LogP contribution >= 0.6 is 0 Å². The van der Waals surface area contributed by atoms with Gasteiger partial charge in [0, 0.05) is 0 Å². The lowest BCUT2D eigenvalue weighted by atomic mass is 10.1. The van der Waals surface area contributed by atoms with Gasteiger partial charge in [0.1, 0.15) is 0 Å². The van der Waals surface area contributed by atoms with Gasteiger partial charge in [-0.25, -0.2) is 17.2 Å². The Balaban J connectivity index is 2.98. The van der Waals surface area contributed by atoms with Crippen molar-refractivity contribution in [3.05, 3.63) is 35.4 Å². The Morgan fingerprint density at radius 3 is 2.28 bits per heavy atom. The molecule has 102 valence electrons. The summed E-state index contributed by atoms with van der Waals surface area (Å²) in [5.74, 6) is -1.87. The van der Waals surface area contributed by atoms with Gasteiger partial charge in [-0.3, -0.25) is 0 Å². The summed E-state index contributed by atoms with van der Waals surface area (Å²) in [5.41, 5.74) is 0.289. The van der Waals surface area contributed by atoms with Gasteiger partial charge in [0.05, 0.1) is 11.0 Å². The summed E-state index contributed by atoms with van der Waals surface area (Å²) >= 11 is 0. The molecule has 0 aliphatic heterocycles. The zero-order valence-electron chi connectivity index (χ0n) is 10.8. The Morgan fingerprint density at radius 2 is 1.78 bits per heavy atom. The minimum absolute atomic E-state index is 0.0581. The maximum absolute atomic E-state index is 13.1. The molecular formula is C13H18F2O2S. The number of hydrogen-bond donors (Lipinski definition) is 0. The molecule has 0 aliphatic rings. The molecule has 0 bridgehead atoms. The predicted molar refractivity (Wildman–Crippen MR) is 68.0 cm³/mol. The van der Waals surface area contributed by atoms with Crippen molar-refractivity contribution in [3.63, 3.8) is 0 Å². The SMILES string of the molecule is CC[C@H](C)CS(=O)(=O)[C@@H](C)c1ccc(F)c(F)c1. The van der Waals surface area contributed by atoms with Gasteiger partial charge in [0.2, 0.25) is 0 Å². The number of benzene rings is 1. The van der Waals surface area contributed by atoms with Crippen molar-refractivity contribution in [3.8, 4) is 0 Å². The van der Waals surface area contributed by atoms with Crippen molar-refractivity contribution in [1.82, 2.24) is 0 Å². The maximum atomic E-state index is 13.1. The fourth-order valence-electron chi connectivity index (χ4n) is 1.63. The monoisotopic (exact) mass is 276 g/mol. The molecule has 1 aromatic rings. The molecule has 2 atom stereocenters. The van der Waals surface area contributed by atoms with E-state index < -0.39 is 26.7 Å². The first-order valence-electron chi connectivity index (χ1n) is 5.94. The lowest BCUT2D eigenvalue weighted by Crippen LogP contribution is -2.19. The molecule has 0 heterocycles. The van der Waals surface area contributed by atoms with Gasteiger partial charge in [-0.1, -0.05) is 26.3 Å². The molecule has 0 aromatic heterocycles. The molecule has 0 saturated heterocycles. The van der Waals surface area contributed by atoms with Gasteiger partial charge < -0.3 is 0 Å². The molecule has 0 amide bonds. The lowest BCUT2D eigenvalue weighted by Gasteiger charge is -2.16. The molecule has 0 N–H and O–H groups in total. The number of halogens is 2. The standard InChI is InChI=1S/C13H18F2O2S/c1-4-9(2)8-18(16,17)10(3)11-5-6-12(14)13(15)7-11/h5-7,9-10H,4,8H2,1-3H3/t9-,10-/m0/s1. The maximum Gasteiger partial charge on any atom is 0.159 e. The molecule has 1 rings (SSSR count). The number of hydrogen-bond acceptors (Lipinski definition) is 2. The van der Waals surface area contributed by atoms with Crippen molar-refractivity contribution in [2.24, 2.45) is 5.92 Å². The molecule has 0 fully saturated rings. The van der Waals surface area contributed by atoms with Gasteiger partial charge in [-0.05, 0) is 30.5 Å². The summed E-state index contributed by atoms with van der Waals surface area (Å²) in [7, 11) is -3.34. The second-order valence-corrected chi connectivity index (χ2v) is 7.02. The Labute approximate surface area is 107 Å². The highest BCUT2D eigenvalue weighted by Crippen LogP contribution is 2.25. The molecule has 2 nitrogen and oxygen atoms in total.